The molecule has 0 aromatic heterocycles. The van der Waals surface area contributed by atoms with E-state index in [1.54, 1.807) is 30.3 Å². The first-order chi connectivity index (χ1) is 4.61. The Morgan fingerprint density at radius 3 is 1.90 bits per heavy atom. The molecule has 0 N–H and O–H groups in total. The average Bonchev–Trinajstić information content (AvgIpc) is 1.88. The number of hydrogen-bond acceptors (Lipinski definition) is 2. The minimum atomic E-state index is -3.00. The predicted molar refractivity (Wildman–Crippen MR) is 39.6 cm³/mol. The van der Waals surface area contributed by atoms with E-state index in [0.717, 1.165) is 0 Å². The third-order valence-corrected chi connectivity index (χ3v) is 2.30. The fraction of sp³-hybridized carbons (Fsp3) is 0.143. The van der Waals surface area contributed by atoms with Crippen LogP contribution in [0, 0.1) is 0 Å². The fourth-order valence-electron chi connectivity index (χ4n) is 0.668. The number of hydrogen-bond donors (Lipinski definition) is 0. The molecular weight excluding hydrogens is 150 g/mol. The van der Waals surface area contributed by atoms with Crippen LogP contribution in [0.3, 0.4) is 0 Å². The highest BCUT2D eigenvalue weighted by atomic mass is 32.2. The molecule has 1 rings (SSSR count). The third-order valence-electron chi connectivity index (χ3n) is 1.17. The lowest BCUT2D eigenvalue weighted by Crippen LogP contribution is -1.95. The molecule has 54 valence electrons. The van der Waals surface area contributed by atoms with Crippen LogP contribution in [0.4, 0.5) is 0 Å². The molecule has 1 aromatic carbocycles. The SMILES string of the molecule is CS(=O)(=O)[13c]1cccc[13cH]1. The lowest BCUT2D eigenvalue weighted by Gasteiger charge is -1.93. The van der Waals surface area contributed by atoms with Gasteiger partial charge in [-0.15, -0.1) is 0 Å². The summed E-state index contributed by atoms with van der Waals surface area (Å²) in [7, 11) is -3.00. The summed E-state index contributed by atoms with van der Waals surface area (Å²) >= 11 is 0. The van der Waals surface area contributed by atoms with E-state index in [1.165, 1.54) is 6.26 Å². The first-order valence-corrected chi connectivity index (χ1v) is 4.75. The maximum atomic E-state index is 10.8. The van der Waals surface area contributed by atoms with Crippen LogP contribution in [0.5, 0.6) is 0 Å². The summed E-state index contributed by atoms with van der Waals surface area (Å²) in [6.07, 6.45) is 1.20. The molecule has 0 aliphatic heterocycles. The van der Waals surface area contributed by atoms with Gasteiger partial charge in [0.2, 0.25) is 0 Å². The number of benzene rings is 1. The summed E-state index contributed by atoms with van der Waals surface area (Å²) in [6.45, 7) is 0. The standard InChI is InChI=1S/C7H8O2S/c1-10(8,9)7-5-3-2-4-6-7/h2-6H,1H3/i5+1,7+1. The Hall–Kier alpha value is -0.830. The summed E-state index contributed by atoms with van der Waals surface area (Å²) in [5.41, 5.74) is 0. The zero-order valence-corrected chi connectivity index (χ0v) is 6.43. The van der Waals surface area contributed by atoms with E-state index >= 15 is 0 Å². The number of sulfone groups is 1. The van der Waals surface area contributed by atoms with Crippen LogP contribution in [-0.2, 0) is 9.84 Å². The molecule has 1 aromatic rings. The Balaban J connectivity index is 3.22. The molecule has 0 spiro atoms. The van der Waals surface area contributed by atoms with Gasteiger partial charge in [0, 0.05) is 6.26 Å². The van der Waals surface area contributed by atoms with E-state index in [-0.39, 0.29) is 0 Å². The summed E-state index contributed by atoms with van der Waals surface area (Å²) in [5.74, 6) is 0. The van der Waals surface area contributed by atoms with Gasteiger partial charge in [-0.25, -0.2) is 8.42 Å². The van der Waals surface area contributed by atoms with Crippen LogP contribution < -0.4 is 0 Å². The van der Waals surface area contributed by atoms with E-state index in [4.69, 9.17) is 0 Å². The Kier molecular flexibility index (Phi) is 1.76. The van der Waals surface area contributed by atoms with Gasteiger partial charge >= 0.3 is 0 Å². The van der Waals surface area contributed by atoms with Crippen molar-refractivity contribution in [3.63, 3.8) is 0 Å². The highest BCUT2D eigenvalue weighted by Crippen LogP contribution is 2.05. The second-order valence-corrected chi connectivity index (χ2v) is 4.10. The van der Waals surface area contributed by atoms with Crippen molar-refractivity contribution >= 4 is 9.84 Å². The average molecular weight is 158 g/mol. The van der Waals surface area contributed by atoms with Crippen LogP contribution in [0.2, 0.25) is 0 Å². The van der Waals surface area contributed by atoms with Crippen molar-refractivity contribution in [3.8, 4) is 0 Å². The van der Waals surface area contributed by atoms with Crippen molar-refractivity contribution in [2.45, 2.75) is 4.90 Å². The second kappa shape index (κ2) is 2.42. The summed E-state index contributed by atoms with van der Waals surface area (Å²) < 4.78 is 21.7. The molecule has 0 heterocycles. The quantitative estimate of drug-likeness (QED) is 0.613. The highest BCUT2D eigenvalue weighted by molar-refractivity contribution is 7.90. The molecule has 0 bridgehead atoms. The lowest BCUT2D eigenvalue weighted by atomic mass is 10.6. The van der Waals surface area contributed by atoms with Crippen molar-refractivity contribution in [3.05, 3.63) is 30.3 Å². The molecule has 2 nitrogen and oxygen atoms in total. The first kappa shape index (κ1) is 7.28. The van der Waals surface area contributed by atoms with Crippen LogP contribution in [-0.4, -0.2) is 14.7 Å². The normalized spacial score (nSPS) is 11.3. The summed E-state index contributed by atoms with van der Waals surface area (Å²) in [4.78, 5) is 0.370. The van der Waals surface area contributed by atoms with Crippen molar-refractivity contribution < 1.29 is 8.42 Å². The molecule has 3 heteroatoms. The van der Waals surface area contributed by atoms with Crippen LogP contribution >= 0.6 is 0 Å². The maximum absolute atomic E-state index is 10.8. The van der Waals surface area contributed by atoms with E-state index in [1.807, 2.05) is 0 Å². The van der Waals surface area contributed by atoms with E-state index in [2.05, 4.69) is 0 Å². The predicted octanol–water partition coefficient (Wildman–Crippen LogP) is 1.09. The number of rotatable bonds is 1. The Morgan fingerprint density at radius 2 is 1.60 bits per heavy atom. The van der Waals surface area contributed by atoms with Crippen LogP contribution in [0.25, 0.3) is 0 Å². The van der Waals surface area contributed by atoms with Crippen molar-refractivity contribution in [1.29, 1.82) is 0 Å². The van der Waals surface area contributed by atoms with Crippen molar-refractivity contribution in [2.75, 3.05) is 6.26 Å². The Bertz CT molecular complexity index is 300. The van der Waals surface area contributed by atoms with Gasteiger partial charge in [0.25, 0.3) is 0 Å². The lowest BCUT2D eigenvalue weighted by molar-refractivity contribution is 0.602. The molecular formula is C7H8O2S. The molecule has 0 saturated heterocycles. The zero-order chi connectivity index (χ0) is 7.61. The molecule has 10 heavy (non-hydrogen) atoms. The summed E-state index contributed by atoms with van der Waals surface area (Å²) in [5, 5.41) is 0. The molecule has 0 unspecified atom stereocenters. The van der Waals surface area contributed by atoms with Gasteiger partial charge in [0.15, 0.2) is 9.84 Å². The third kappa shape index (κ3) is 1.57. The van der Waals surface area contributed by atoms with E-state index in [9.17, 15) is 8.42 Å². The van der Waals surface area contributed by atoms with E-state index in [0.29, 0.717) is 4.90 Å². The largest absolute Gasteiger partial charge is 0.224 e. The maximum Gasteiger partial charge on any atom is 0.175 e. The highest BCUT2D eigenvalue weighted by Gasteiger charge is 2.02. The molecule has 0 aliphatic carbocycles. The molecule has 0 fully saturated rings. The van der Waals surface area contributed by atoms with Gasteiger partial charge in [-0.2, -0.15) is 0 Å². The Morgan fingerprint density at radius 1 is 1.10 bits per heavy atom. The van der Waals surface area contributed by atoms with Gasteiger partial charge in [0.05, 0.1) is 4.90 Å². The zero-order valence-electron chi connectivity index (χ0n) is 5.61. The van der Waals surface area contributed by atoms with Gasteiger partial charge in [-0.1, -0.05) is 18.2 Å². The minimum absolute atomic E-state index is 0.370. The van der Waals surface area contributed by atoms with Gasteiger partial charge < -0.3 is 0 Å². The summed E-state index contributed by atoms with van der Waals surface area (Å²) in [6, 6.07) is 8.35. The van der Waals surface area contributed by atoms with Gasteiger partial charge in [0.1, 0.15) is 0 Å². The van der Waals surface area contributed by atoms with Crippen molar-refractivity contribution in [1.82, 2.24) is 0 Å². The minimum Gasteiger partial charge on any atom is -0.224 e. The van der Waals surface area contributed by atoms with Crippen molar-refractivity contribution in [2.24, 2.45) is 0 Å². The van der Waals surface area contributed by atoms with E-state index < -0.39 is 9.84 Å². The first-order valence-electron chi connectivity index (χ1n) is 2.86. The molecule has 0 saturated carbocycles. The van der Waals surface area contributed by atoms with Gasteiger partial charge in [-0.3, -0.25) is 0 Å². The molecule has 0 amide bonds. The smallest absolute Gasteiger partial charge is 0.175 e. The molecule has 0 atom stereocenters. The van der Waals surface area contributed by atoms with Crippen LogP contribution in [0.15, 0.2) is 35.2 Å². The second-order valence-electron chi connectivity index (χ2n) is 2.09. The molecule has 0 aliphatic rings. The fourth-order valence-corrected chi connectivity index (χ4v) is 1.32. The van der Waals surface area contributed by atoms with Gasteiger partial charge in [-0.05, 0) is 12.1 Å². The Labute approximate surface area is 60.4 Å². The van der Waals surface area contributed by atoms with Crippen LogP contribution in [0.1, 0.15) is 0 Å². The molecule has 0 radical (unpaired) electrons. The monoisotopic (exact) mass is 158 g/mol. The topological polar surface area (TPSA) is 34.1 Å².